The molecule has 2 N–H and O–H groups in total. The van der Waals surface area contributed by atoms with Crippen molar-refractivity contribution in [3.05, 3.63) is 29.6 Å². The predicted octanol–water partition coefficient (Wildman–Crippen LogP) is 0.400. The maximum Gasteiger partial charge on any atom is 0.381 e. The summed E-state index contributed by atoms with van der Waals surface area (Å²) in [5.74, 6) is -3.16. The van der Waals surface area contributed by atoms with Crippen LogP contribution in [0.15, 0.2) is 18.3 Å². The van der Waals surface area contributed by atoms with E-state index in [0.29, 0.717) is 17.0 Å². The second-order valence-corrected chi connectivity index (χ2v) is 4.35. The number of hydroxylamine groups is 2. The molecule has 0 radical (unpaired) electrons. The Kier molecular flexibility index (Phi) is 6.46. The minimum absolute atomic E-state index is 0.000909. The maximum atomic E-state index is 12.1. The van der Waals surface area contributed by atoms with E-state index in [2.05, 4.69) is 4.98 Å². The Balaban J connectivity index is 3.06. The van der Waals surface area contributed by atoms with Crippen LogP contribution >= 0.6 is 0 Å². The Morgan fingerprint density at radius 3 is 2.55 bits per heavy atom. The molecule has 0 bridgehead atoms. The van der Waals surface area contributed by atoms with Gasteiger partial charge in [-0.1, -0.05) is 19.9 Å². The molecule has 0 saturated carbocycles. The number of rotatable bonds is 6. The van der Waals surface area contributed by atoms with E-state index in [1.54, 1.807) is 12.1 Å². The zero-order valence-electron chi connectivity index (χ0n) is 12.4. The lowest BCUT2D eigenvalue weighted by molar-refractivity contribution is -0.190. The lowest BCUT2D eigenvalue weighted by Crippen LogP contribution is -2.48. The highest BCUT2D eigenvalue weighted by Gasteiger charge is 2.33. The van der Waals surface area contributed by atoms with Crippen molar-refractivity contribution in [2.45, 2.75) is 32.7 Å². The SMILES string of the molecule is CCC(=O)N(OC(=O)c1ncccc1CC)[C@@H](CO)C(=O)O. The molecule has 0 unspecified atom stereocenters. The summed E-state index contributed by atoms with van der Waals surface area (Å²) < 4.78 is 0. The minimum Gasteiger partial charge on any atom is -0.480 e. The second kappa shape index (κ2) is 8.08. The highest BCUT2D eigenvalue weighted by Crippen LogP contribution is 2.12. The van der Waals surface area contributed by atoms with Crippen molar-refractivity contribution in [2.75, 3.05) is 6.61 Å². The fraction of sp³-hybridized carbons (Fsp3) is 0.429. The van der Waals surface area contributed by atoms with Crippen LogP contribution in [0.25, 0.3) is 0 Å². The first-order valence-electron chi connectivity index (χ1n) is 6.78. The van der Waals surface area contributed by atoms with Crippen LogP contribution in [0.1, 0.15) is 36.3 Å². The Morgan fingerprint density at radius 2 is 2.05 bits per heavy atom. The number of amides is 1. The zero-order valence-corrected chi connectivity index (χ0v) is 12.4. The van der Waals surface area contributed by atoms with Crippen LogP contribution in [0, 0.1) is 0 Å². The van der Waals surface area contributed by atoms with E-state index in [1.165, 1.54) is 13.1 Å². The molecular formula is C14H18N2O6. The third kappa shape index (κ3) is 4.01. The number of aliphatic hydroxyl groups is 1. The molecule has 120 valence electrons. The Morgan fingerprint density at radius 1 is 1.36 bits per heavy atom. The molecule has 0 aliphatic rings. The molecule has 0 fully saturated rings. The fourth-order valence-corrected chi connectivity index (χ4v) is 1.74. The minimum atomic E-state index is -1.66. The van der Waals surface area contributed by atoms with Gasteiger partial charge in [0.15, 0.2) is 11.7 Å². The van der Waals surface area contributed by atoms with Crippen molar-refractivity contribution in [1.29, 1.82) is 0 Å². The average Bonchev–Trinajstić information content (AvgIpc) is 2.53. The van der Waals surface area contributed by atoms with Crippen LogP contribution in [-0.2, 0) is 20.8 Å². The van der Waals surface area contributed by atoms with Gasteiger partial charge >= 0.3 is 11.9 Å². The lowest BCUT2D eigenvalue weighted by Gasteiger charge is -2.25. The topological polar surface area (TPSA) is 117 Å². The standard InChI is InChI=1S/C14H18N2O6/c1-3-9-6-5-7-15-12(9)14(21)22-16(11(18)4-2)10(8-17)13(19)20/h5-7,10,17H,3-4,8H2,1-2H3,(H,19,20)/t10-/m0/s1. The molecule has 1 amide bonds. The molecule has 1 rings (SSSR count). The normalized spacial score (nSPS) is 11.6. The number of hydrogen-bond acceptors (Lipinski definition) is 6. The number of aliphatic hydroxyl groups excluding tert-OH is 1. The molecule has 22 heavy (non-hydrogen) atoms. The van der Waals surface area contributed by atoms with Gasteiger partial charge in [-0.25, -0.2) is 14.6 Å². The van der Waals surface area contributed by atoms with Crippen molar-refractivity contribution in [1.82, 2.24) is 10.0 Å². The summed E-state index contributed by atoms with van der Waals surface area (Å²) in [6, 6.07) is 1.67. The van der Waals surface area contributed by atoms with Crippen molar-refractivity contribution in [2.24, 2.45) is 0 Å². The summed E-state index contributed by atoms with van der Waals surface area (Å²) in [4.78, 5) is 43.8. The first kappa shape index (κ1) is 17.6. The molecule has 1 atom stereocenters. The van der Waals surface area contributed by atoms with E-state index < -0.39 is 30.5 Å². The second-order valence-electron chi connectivity index (χ2n) is 4.35. The fourth-order valence-electron chi connectivity index (χ4n) is 1.74. The van der Waals surface area contributed by atoms with Crippen molar-refractivity contribution < 1.29 is 29.4 Å². The first-order valence-corrected chi connectivity index (χ1v) is 6.78. The average molecular weight is 310 g/mol. The maximum absolute atomic E-state index is 12.1. The number of hydrogen-bond donors (Lipinski definition) is 2. The number of pyridine rings is 1. The molecule has 1 aromatic rings. The number of nitrogens with zero attached hydrogens (tertiary/aromatic N) is 2. The van der Waals surface area contributed by atoms with Crippen LogP contribution in [0.2, 0.25) is 0 Å². The monoisotopic (exact) mass is 310 g/mol. The zero-order chi connectivity index (χ0) is 16.7. The van der Waals surface area contributed by atoms with Gasteiger partial charge in [0, 0.05) is 12.6 Å². The number of aromatic nitrogens is 1. The van der Waals surface area contributed by atoms with E-state index in [9.17, 15) is 14.4 Å². The summed E-state index contributed by atoms with van der Waals surface area (Å²) in [7, 11) is 0. The summed E-state index contributed by atoms with van der Waals surface area (Å²) in [6.45, 7) is 2.42. The molecule has 0 aromatic carbocycles. The van der Waals surface area contributed by atoms with Crippen molar-refractivity contribution in [3.8, 4) is 0 Å². The molecule has 1 aromatic heterocycles. The van der Waals surface area contributed by atoms with Gasteiger partial charge in [0.1, 0.15) is 0 Å². The molecule has 8 nitrogen and oxygen atoms in total. The molecule has 0 aliphatic carbocycles. The van der Waals surface area contributed by atoms with Gasteiger partial charge in [-0.3, -0.25) is 4.79 Å². The Labute approximate surface area is 127 Å². The molecule has 0 saturated heterocycles. The quantitative estimate of drug-likeness (QED) is 0.730. The predicted molar refractivity (Wildman–Crippen MR) is 74.7 cm³/mol. The third-order valence-corrected chi connectivity index (χ3v) is 2.94. The van der Waals surface area contributed by atoms with Crippen molar-refractivity contribution >= 4 is 17.8 Å². The number of carboxylic acids is 1. The number of carbonyl (C=O) groups is 3. The van der Waals surface area contributed by atoms with Gasteiger partial charge in [0.2, 0.25) is 0 Å². The summed E-state index contributed by atoms with van der Waals surface area (Å²) in [5.41, 5.74) is 0.605. The molecule has 8 heteroatoms. The van der Waals surface area contributed by atoms with Crippen LogP contribution in [-0.4, -0.2) is 50.8 Å². The Hall–Kier alpha value is -2.48. The van der Waals surface area contributed by atoms with Crippen LogP contribution in [0.5, 0.6) is 0 Å². The summed E-state index contributed by atoms with van der Waals surface area (Å²) in [5, 5.41) is 18.5. The van der Waals surface area contributed by atoms with E-state index in [4.69, 9.17) is 15.1 Å². The van der Waals surface area contributed by atoms with Gasteiger partial charge < -0.3 is 15.1 Å². The van der Waals surface area contributed by atoms with E-state index in [0.717, 1.165) is 0 Å². The number of aryl methyl sites for hydroxylation is 1. The van der Waals surface area contributed by atoms with E-state index >= 15 is 0 Å². The van der Waals surface area contributed by atoms with Gasteiger partial charge in [-0.15, -0.1) is 0 Å². The smallest absolute Gasteiger partial charge is 0.381 e. The van der Waals surface area contributed by atoms with Crippen molar-refractivity contribution in [3.63, 3.8) is 0 Å². The number of carboxylic acid groups (broad SMARTS) is 1. The molecule has 0 aliphatic heterocycles. The van der Waals surface area contributed by atoms with E-state index in [1.807, 2.05) is 6.92 Å². The van der Waals surface area contributed by atoms with Gasteiger partial charge in [-0.2, -0.15) is 5.06 Å². The Bertz CT molecular complexity index is 560. The first-order chi connectivity index (χ1) is 10.5. The van der Waals surface area contributed by atoms with Crippen LogP contribution < -0.4 is 0 Å². The van der Waals surface area contributed by atoms with E-state index in [-0.39, 0.29) is 12.1 Å². The number of carbonyl (C=O) groups excluding carboxylic acids is 2. The van der Waals surface area contributed by atoms with Gasteiger partial charge in [-0.05, 0) is 18.1 Å². The molecule has 1 heterocycles. The molecular weight excluding hydrogens is 292 g/mol. The summed E-state index contributed by atoms with van der Waals surface area (Å²) in [6.07, 6.45) is 1.82. The van der Waals surface area contributed by atoms with Crippen LogP contribution in [0.3, 0.4) is 0 Å². The number of aliphatic carboxylic acids is 1. The summed E-state index contributed by atoms with van der Waals surface area (Å²) >= 11 is 0. The highest BCUT2D eigenvalue weighted by molar-refractivity contribution is 5.91. The largest absolute Gasteiger partial charge is 0.480 e. The van der Waals surface area contributed by atoms with Gasteiger partial charge in [0.05, 0.1) is 6.61 Å². The highest BCUT2D eigenvalue weighted by atomic mass is 16.7. The van der Waals surface area contributed by atoms with Crippen LogP contribution in [0.4, 0.5) is 0 Å². The molecule has 0 spiro atoms. The third-order valence-electron chi connectivity index (χ3n) is 2.94. The van der Waals surface area contributed by atoms with Gasteiger partial charge in [0.25, 0.3) is 5.91 Å². The lowest BCUT2D eigenvalue weighted by atomic mass is 10.1.